The molecule has 0 unspecified atom stereocenters. The van der Waals surface area contributed by atoms with Gasteiger partial charge >= 0.3 is 0 Å². The minimum absolute atomic E-state index is 0.470. The number of rotatable bonds is 2. The minimum atomic E-state index is -1.38. The first kappa shape index (κ1) is 14.2. The fourth-order valence-corrected chi connectivity index (χ4v) is 3.40. The zero-order valence-corrected chi connectivity index (χ0v) is 12.2. The molecule has 2 atom stereocenters. The monoisotopic (exact) mass is 303 g/mol. The smallest absolute Gasteiger partial charge is 0.175 e. The lowest BCUT2D eigenvalue weighted by atomic mass is 9.88. The van der Waals surface area contributed by atoms with Crippen LogP contribution in [0.5, 0.6) is 0 Å². The quantitative estimate of drug-likeness (QED) is 0.843. The fraction of sp³-hybridized carbons (Fsp3) is 0.167. The number of nitrogens with zero attached hydrogens (tertiary/aromatic N) is 3. The van der Waals surface area contributed by atoms with Gasteiger partial charge in [-0.15, -0.1) is 0 Å². The Morgan fingerprint density at radius 2 is 1.41 bits per heavy atom. The van der Waals surface area contributed by atoms with Gasteiger partial charge in [-0.3, -0.25) is 0 Å². The molecular weight excluding hydrogens is 294 g/mol. The highest BCUT2D eigenvalue weighted by molar-refractivity contribution is 6.30. The van der Waals surface area contributed by atoms with E-state index in [0.717, 1.165) is 5.56 Å². The first-order valence-electron chi connectivity index (χ1n) is 6.71. The largest absolute Gasteiger partial charge is 0.197 e. The third-order valence-electron chi connectivity index (χ3n) is 4.37. The van der Waals surface area contributed by atoms with Gasteiger partial charge in [0.05, 0.1) is 18.2 Å². The highest BCUT2D eigenvalue weighted by Gasteiger charge is 2.81. The molecule has 0 aromatic heterocycles. The van der Waals surface area contributed by atoms with Crippen molar-refractivity contribution < 1.29 is 0 Å². The summed E-state index contributed by atoms with van der Waals surface area (Å²) in [5, 5.41) is 29.6. The van der Waals surface area contributed by atoms with E-state index in [1.165, 1.54) is 0 Å². The van der Waals surface area contributed by atoms with E-state index in [1.54, 1.807) is 24.3 Å². The van der Waals surface area contributed by atoms with Gasteiger partial charge in [0, 0.05) is 10.9 Å². The summed E-state index contributed by atoms with van der Waals surface area (Å²) in [6, 6.07) is 22.5. The Morgan fingerprint density at radius 1 is 0.818 bits per heavy atom. The summed E-state index contributed by atoms with van der Waals surface area (Å²) in [7, 11) is 0. The van der Waals surface area contributed by atoms with Crippen LogP contribution in [-0.2, 0) is 5.41 Å². The summed E-state index contributed by atoms with van der Waals surface area (Å²) in [4.78, 5) is 0. The molecule has 3 nitrogen and oxygen atoms in total. The Morgan fingerprint density at radius 3 is 1.91 bits per heavy atom. The Kier molecular flexibility index (Phi) is 3.14. The van der Waals surface area contributed by atoms with E-state index in [1.807, 2.05) is 30.3 Å². The van der Waals surface area contributed by atoms with E-state index in [2.05, 4.69) is 18.2 Å². The number of nitriles is 3. The van der Waals surface area contributed by atoms with E-state index in [9.17, 15) is 15.8 Å². The van der Waals surface area contributed by atoms with Crippen LogP contribution < -0.4 is 0 Å². The molecule has 104 valence electrons. The molecule has 4 heteroatoms. The summed E-state index contributed by atoms with van der Waals surface area (Å²) >= 11 is 5.90. The second-order valence-electron chi connectivity index (χ2n) is 5.30. The van der Waals surface area contributed by atoms with Crippen LogP contribution in [0.15, 0.2) is 54.6 Å². The normalized spacial score (nSPS) is 24.5. The zero-order chi connectivity index (χ0) is 15.8. The molecule has 0 spiro atoms. The van der Waals surface area contributed by atoms with E-state index < -0.39 is 16.7 Å². The Hall–Kier alpha value is -2.80. The summed E-state index contributed by atoms with van der Waals surface area (Å²) in [5.74, 6) is -0.470. The lowest BCUT2D eigenvalue weighted by Crippen LogP contribution is -2.14. The Balaban J connectivity index is 2.23. The minimum Gasteiger partial charge on any atom is -0.197 e. The maximum absolute atomic E-state index is 9.82. The lowest BCUT2D eigenvalue weighted by molar-refractivity contribution is 0.742. The van der Waals surface area contributed by atoms with Crippen LogP contribution in [0.3, 0.4) is 0 Å². The zero-order valence-electron chi connectivity index (χ0n) is 11.5. The van der Waals surface area contributed by atoms with Crippen molar-refractivity contribution in [3.05, 3.63) is 70.7 Å². The predicted molar refractivity (Wildman–Crippen MR) is 81.6 cm³/mol. The molecule has 22 heavy (non-hydrogen) atoms. The van der Waals surface area contributed by atoms with Gasteiger partial charge in [0.1, 0.15) is 5.41 Å². The van der Waals surface area contributed by atoms with Crippen molar-refractivity contribution in [2.75, 3.05) is 0 Å². The molecule has 1 aliphatic carbocycles. The van der Waals surface area contributed by atoms with Crippen molar-refractivity contribution in [1.29, 1.82) is 15.8 Å². The van der Waals surface area contributed by atoms with Gasteiger partial charge < -0.3 is 0 Å². The van der Waals surface area contributed by atoms with Crippen molar-refractivity contribution >= 4 is 11.6 Å². The van der Waals surface area contributed by atoms with E-state index in [0.29, 0.717) is 10.6 Å². The van der Waals surface area contributed by atoms with Gasteiger partial charge in [0.25, 0.3) is 0 Å². The van der Waals surface area contributed by atoms with Crippen molar-refractivity contribution in [1.82, 2.24) is 0 Å². The van der Waals surface area contributed by atoms with Gasteiger partial charge in [-0.25, -0.2) is 0 Å². The molecule has 0 N–H and O–H groups in total. The molecular formula is C18H10ClN3. The van der Waals surface area contributed by atoms with Crippen LogP contribution in [0.2, 0.25) is 5.02 Å². The molecule has 1 saturated carbocycles. The lowest BCUT2D eigenvalue weighted by Gasteiger charge is -2.09. The predicted octanol–water partition coefficient (Wildman–Crippen LogP) is 3.93. The summed E-state index contributed by atoms with van der Waals surface area (Å²) in [6.07, 6.45) is 0. The van der Waals surface area contributed by atoms with Crippen LogP contribution in [-0.4, -0.2) is 0 Å². The molecule has 1 fully saturated rings. The van der Waals surface area contributed by atoms with Crippen molar-refractivity contribution in [3.63, 3.8) is 0 Å². The van der Waals surface area contributed by atoms with E-state index >= 15 is 0 Å². The first-order chi connectivity index (χ1) is 10.7. The van der Waals surface area contributed by atoms with Crippen LogP contribution in [0.4, 0.5) is 0 Å². The molecule has 0 radical (unpaired) electrons. The molecule has 1 aliphatic rings. The van der Waals surface area contributed by atoms with Gasteiger partial charge in [-0.2, -0.15) is 15.8 Å². The third-order valence-corrected chi connectivity index (χ3v) is 4.62. The molecule has 0 saturated heterocycles. The second kappa shape index (κ2) is 4.88. The average molecular weight is 304 g/mol. The number of hydrogen-bond donors (Lipinski definition) is 0. The van der Waals surface area contributed by atoms with Gasteiger partial charge in [-0.1, -0.05) is 54.1 Å². The summed E-state index contributed by atoms with van der Waals surface area (Å²) in [6.45, 7) is 0. The number of hydrogen-bond acceptors (Lipinski definition) is 3. The average Bonchev–Trinajstić information content (AvgIpc) is 3.20. The van der Waals surface area contributed by atoms with Gasteiger partial charge in [0.15, 0.2) is 5.41 Å². The fourth-order valence-electron chi connectivity index (χ4n) is 3.28. The Bertz CT molecular complexity index is 823. The SMILES string of the molecule is N#CC1(C#N)[C@H](c2ccccc2)[C@@]1(C#N)c1ccc(Cl)cc1. The highest BCUT2D eigenvalue weighted by Crippen LogP contribution is 2.73. The Labute approximate surface area is 133 Å². The van der Waals surface area contributed by atoms with Crippen LogP contribution in [0.1, 0.15) is 17.0 Å². The molecule has 2 aromatic rings. The molecule has 0 heterocycles. The van der Waals surface area contributed by atoms with Crippen molar-refractivity contribution in [2.24, 2.45) is 5.41 Å². The van der Waals surface area contributed by atoms with E-state index in [4.69, 9.17) is 11.6 Å². The van der Waals surface area contributed by atoms with Gasteiger partial charge in [-0.05, 0) is 23.3 Å². The van der Waals surface area contributed by atoms with E-state index in [-0.39, 0.29) is 0 Å². The molecule has 3 rings (SSSR count). The first-order valence-corrected chi connectivity index (χ1v) is 7.09. The van der Waals surface area contributed by atoms with Crippen LogP contribution >= 0.6 is 11.6 Å². The molecule has 0 bridgehead atoms. The maximum Gasteiger partial charge on any atom is 0.175 e. The maximum atomic E-state index is 9.82. The number of benzene rings is 2. The molecule has 0 amide bonds. The summed E-state index contributed by atoms with van der Waals surface area (Å²) in [5.41, 5.74) is -1.07. The highest BCUT2D eigenvalue weighted by atomic mass is 35.5. The van der Waals surface area contributed by atoms with Crippen molar-refractivity contribution in [3.8, 4) is 18.2 Å². The third kappa shape index (κ3) is 1.59. The topological polar surface area (TPSA) is 71.4 Å². The van der Waals surface area contributed by atoms with Gasteiger partial charge in [0.2, 0.25) is 0 Å². The van der Waals surface area contributed by atoms with Crippen LogP contribution in [0.25, 0.3) is 0 Å². The van der Waals surface area contributed by atoms with Crippen molar-refractivity contribution in [2.45, 2.75) is 11.3 Å². The second-order valence-corrected chi connectivity index (χ2v) is 5.74. The standard InChI is InChI=1S/C18H10ClN3/c19-15-8-6-14(7-9-15)18(12-22)16(17(18,10-20)11-21)13-4-2-1-3-5-13/h1-9,16H/t16-,18+/m0/s1. The van der Waals surface area contributed by atoms with Crippen LogP contribution in [0, 0.1) is 39.4 Å². The molecule has 0 aliphatic heterocycles. The number of halogens is 1. The molecule has 2 aromatic carbocycles. The summed E-state index contributed by atoms with van der Waals surface area (Å²) < 4.78 is 0.